The highest BCUT2D eigenvalue weighted by atomic mass is 16.7. The summed E-state index contributed by atoms with van der Waals surface area (Å²) in [6.45, 7) is 19.7. The molecule has 2 spiro atoms. The van der Waals surface area contributed by atoms with Gasteiger partial charge in [-0.05, 0) is 111 Å². The highest BCUT2D eigenvalue weighted by Gasteiger charge is 2.84. The molecular weight excluding hydrogens is 570 g/mol. The van der Waals surface area contributed by atoms with Gasteiger partial charge in [-0.1, -0.05) is 34.6 Å². The summed E-state index contributed by atoms with van der Waals surface area (Å²) >= 11 is 0. The van der Waals surface area contributed by atoms with Crippen molar-refractivity contribution in [3.63, 3.8) is 0 Å². The van der Waals surface area contributed by atoms with E-state index in [4.69, 9.17) is 18.9 Å². The maximum absolute atomic E-state index is 12.4. The van der Waals surface area contributed by atoms with Gasteiger partial charge in [0.1, 0.15) is 6.10 Å². The number of morpholine rings is 1. The average Bonchev–Trinajstić information content (AvgIpc) is 3.57. The Morgan fingerprint density at radius 3 is 2.38 bits per heavy atom. The van der Waals surface area contributed by atoms with Crippen molar-refractivity contribution < 1.29 is 34.3 Å². The van der Waals surface area contributed by atoms with Crippen molar-refractivity contribution in [1.82, 2.24) is 4.90 Å². The van der Waals surface area contributed by atoms with Gasteiger partial charge in [-0.2, -0.15) is 0 Å². The zero-order chi connectivity index (χ0) is 31.9. The fourth-order valence-electron chi connectivity index (χ4n) is 13.9. The van der Waals surface area contributed by atoms with E-state index in [0.717, 1.165) is 58.6 Å². The summed E-state index contributed by atoms with van der Waals surface area (Å²) in [5.41, 5.74) is -0.794. The molecule has 3 saturated heterocycles. The Morgan fingerprint density at radius 1 is 0.978 bits per heavy atom. The zero-order valence-electron chi connectivity index (χ0n) is 29.0. The predicted octanol–water partition coefficient (Wildman–Crippen LogP) is 4.37. The van der Waals surface area contributed by atoms with Crippen LogP contribution in [0.15, 0.2) is 0 Å². The molecule has 45 heavy (non-hydrogen) atoms. The maximum atomic E-state index is 12.4. The van der Waals surface area contributed by atoms with Gasteiger partial charge in [0.25, 0.3) is 0 Å². The van der Waals surface area contributed by atoms with Gasteiger partial charge in [0.15, 0.2) is 6.29 Å². The first kappa shape index (κ1) is 31.9. The minimum Gasteiger partial charge on any atom is -0.390 e. The average molecular weight is 632 g/mol. The number of aliphatic hydroxyl groups is 3. The van der Waals surface area contributed by atoms with Crippen LogP contribution in [0.25, 0.3) is 0 Å². The van der Waals surface area contributed by atoms with Crippen LogP contribution in [0.5, 0.6) is 0 Å². The van der Waals surface area contributed by atoms with E-state index >= 15 is 0 Å². The van der Waals surface area contributed by atoms with Crippen LogP contribution in [0.3, 0.4) is 0 Å². The lowest BCUT2D eigenvalue weighted by Gasteiger charge is -2.64. The summed E-state index contributed by atoms with van der Waals surface area (Å²) in [6, 6.07) is 0.517. The minimum absolute atomic E-state index is 0.0147. The van der Waals surface area contributed by atoms with E-state index in [0.29, 0.717) is 34.6 Å². The van der Waals surface area contributed by atoms with Crippen LogP contribution in [0.4, 0.5) is 0 Å². The second-order valence-electron chi connectivity index (χ2n) is 18.8. The molecule has 8 nitrogen and oxygen atoms in total. The summed E-state index contributed by atoms with van der Waals surface area (Å²) in [4.78, 5) is 2.50. The lowest BCUT2D eigenvalue weighted by molar-refractivity contribution is -0.256. The molecule has 0 aromatic rings. The molecule has 0 radical (unpaired) electrons. The number of nitrogens with zero attached hydrogens (tertiary/aromatic N) is 1. The Balaban J connectivity index is 1.03. The van der Waals surface area contributed by atoms with Crippen LogP contribution < -0.4 is 0 Å². The molecule has 3 aliphatic heterocycles. The zero-order valence-corrected chi connectivity index (χ0v) is 29.0. The second kappa shape index (κ2) is 10.1. The van der Waals surface area contributed by atoms with Gasteiger partial charge in [-0.25, -0.2) is 0 Å². The van der Waals surface area contributed by atoms with Crippen molar-refractivity contribution in [2.24, 2.45) is 50.7 Å². The fraction of sp³-hybridized carbons (Fsp3) is 1.00. The first-order chi connectivity index (χ1) is 21.1. The quantitative estimate of drug-likeness (QED) is 0.412. The highest BCUT2D eigenvalue weighted by Crippen LogP contribution is 2.89. The van der Waals surface area contributed by atoms with E-state index in [1.54, 1.807) is 13.8 Å². The predicted molar refractivity (Wildman–Crippen MR) is 169 cm³/mol. The molecule has 2 unspecified atom stereocenters. The number of rotatable bonds is 5. The maximum Gasteiger partial charge on any atom is 0.170 e. The Hall–Kier alpha value is -0.320. The number of aliphatic hydroxyl groups excluding tert-OH is 2. The van der Waals surface area contributed by atoms with E-state index in [-0.39, 0.29) is 40.7 Å². The number of fused-ring (bicyclic) bond motifs is 4. The van der Waals surface area contributed by atoms with E-state index in [1.807, 2.05) is 0 Å². The molecule has 0 bridgehead atoms. The summed E-state index contributed by atoms with van der Waals surface area (Å²) in [5, 5.41) is 34.1. The largest absolute Gasteiger partial charge is 0.390 e. The van der Waals surface area contributed by atoms with Crippen LogP contribution in [-0.2, 0) is 18.9 Å². The van der Waals surface area contributed by atoms with Crippen molar-refractivity contribution >= 4 is 0 Å². The molecule has 5 saturated carbocycles. The highest BCUT2D eigenvalue weighted by molar-refractivity contribution is 5.33. The molecule has 0 aromatic carbocycles. The Bertz CT molecular complexity index is 1170. The van der Waals surface area contributed by atoms with E-state index < -0.39 is 23.9 Å². The minimum atomic E-state index is -1.24. The number of hydrogen-bond donors (Lipinski definition) is 3. The van der Waals surface area contributed by atoms with Crippen LogP contribution in [-0.4, -0.2) is 102 Å². The molecular formula is C37H61NO7. The molecule has 8 fully saturated rings. The Labute approximate surface area is 270 Å². The van der Waals surface area contributed by atoms with Gasteiger partial charge in [0, 0.05) is 12.0 Å². The van der Waals surface area contributed by atoms with Gasteiger partial charge in [-0.3, -0.25) is 4.90 Å². The topological polar surface area (TPSA) is 101 Å². The first-order valence-electron chi connectivity index (χ1n) is 18.4. The van der Waals surface area contributed by atoms with Gasteiger partial charge in [0.2, 0.25) is 0 Å². The van der Waals surface area contributed by atoms with Gasteiger partial charge in [0.05, 0.1) is 62.4 Å². The molecule has 5 aliphatic carbocycles. The Kier molecular flexibility index (Phi) is 7.18. The third-order valence-corrected chi connectivity index (χ3v) is 16.4. The molecule has 3 heterocycles. The van der Waals surface area contributed by atoms with Crippen molar-refractivity contribution in [1.29, 1.82) is 0 Å². The van der Waals surface area contributed by atoms with Crippen molar-refractivity contribution in [3.8, 4) is 0 Å². The lowest BCUT2D eigenvalue weighted by atomic mass is 9.41. The van der Waals surface area contributed by atoms with E-state index in [2.05, 4.69) is 39.5 Å². The van der Waals surface area contributed by atoms with Crippen LogP contribution in [0.2, 0.25) is 0 Å². The number of ether oxygens (including phenoxy) is 4. The summed E-state index contributed by atoms with van der Waals surface area (Å²) < 4.78 is 25.2. The second-order valence-corrected chi connectivity index (χ2v) is 18.8. The van der Waals surface area contributed by atoms with E-state index in [9.17, 15) is 15.3 Å². The van der Waals surface area contributed by atoms with Crippen LogP contribution in [0, 0.1) is 50.7 Å². The summed E-state index contributed by atoms with van der Waals surface area (Å²) in [7, 11) is 0. The SMILES string of the molecule is C[C@@H]1C[C@H]([C@H](O)C(C)(C)O)O[C@H]2[C@H]1[C@@]1(C)CC[C@@]34CC35CCC(O[C@H]3CN(C6COC6)CCO3)C(C)(C)[C@@H]5CC[C@H]4[C@]1(C)[C@H]2O. The smallest absolute Gasteiger partial charge is 0.170 e. The van der Waals surface area contributed by atoms with Crippen LogP contribution in [0.1, 0.15) is 99.8 Å². The van der Waals surface area contributed by atoms with Gasteiger partial charge >= 0.3 is 0 Å². The molecule has 3 N–H and O–H groups in total. The standard InChI is InChI=1S/C37H61NO7/c1-21-16-23(30(39)33(4,5)41)44-29-28(21)34(6)12-13-37-20-36(37)11-10-26(45-27-17-38(14-15-43-27)22-18-42-19-22)32(2,3)24(36)8-9-25(37)35(34,7)31(29)40/h21-31,39-41H,8-20H2,1-7H3/t21-,23-,24+,25+,26?,27+,28+,29+,30+,31+,34-,35-,36?,37+/m1/s1. The monoisotopic (exact) mass is 631 g/mol. The molecule has 8 heteroatoms. The lowest BCUT2D eigenvalue weighted by Crippen LogP contribution is -2.60. The third-order valence-electron chi connectivity index (χ3n) is 16.4. The molecule has 0 aromatic heterocycles. The first-order valence-corrected chi connectivity index (χ1v) is 18.4. The summed E-state index contributed by atoms with van der Waals surface area (Å²) in [6.07, 6.45) is 6.81. The fourth-order valence-corrected chi connectivity index (χ4v) is 13.9. The van der Waals surface area contributed by atoms with Crippen molar-refractivity contribution in [3.05, 3.63) is 0 Å². The normalized spacial score (nSPS) is 54.9. The van der Waals surface area contributed by atoms with Gasteiger partial charge < -0.3 is 34.3 Å². The summed E-state index contributed by atoms with van der Waals surface area (Å²) in [5.74, 6) is 1.67. The van der Waals surface area contributed by atoms with E-state index in [1.165, 1.54) is 25.7 Å². The molecule has 8 aliphatic rings. The Morgan fingerprint density at radius 2 is 1.69 bits per heavy atom. The number of hydrogen-bond acceptors (Lipinski definition) is 8. The molecule has 8 rings (SSSR count). The van der Waals surface area contributed by atoms with Crippen molar-refractivity contribution in [2.45, 2.75) is 148 Å². The van der Waals surface area contributed by atoms with Crippen LogP contribution >= 0.6 is 0 Å². The van der Waals surface area contributed by atoms with Gasteiger partial charge in [-0.15, -0.1) is 0 Å². The van der Waals surface area contributed by atoms with Crippen molar-refractivity contribution in [2.75, 3.05) is 32.9 Å². The molecule has 256 valence electrons. The molecule has 14 atom stereocenters. The third kappa shape index (κ3) is 4.12. The molecule has 0 amide bonds.